The maximum Gasteiger partial charge on any atom is 0.315 e. The van der Waals surface area contributed by atoms with Gasteiger partial charge in [-0.2, -0.15) is 0 Å². The number of benzene rings is 2. The van der Waals surface area contributed by atoms with Gasteiger partial charge >= 0.3 is 5.97 Å². The fraction of sp³-hybridized carbons (Fsp3) is 0.263. The number of carboxylic acid groups (broad SMARTS) is 1. The molecule has 0 aliphatic rings. The molecule has 5 heteroatoms. The minimum atomic E-state index is -1.19. The van der Waals surface area contributed by atoms with Crippen LogP contribution in [0.1, 0.15) is 28.4 Å². The minimum absolute atomic E-state index is 0.000312. The van der Waals surface area contributed by atoms with E-state index in [1.807, 2.05) is 12.1 Å². The quantitative estimate of drug-likeness (QED) is 0.819. The third kappa shape index (κ3) is 4.00. The van der Waals surface area contributed by atoms with Crippen LogP contribution in [0.2, 0.25) is 0 Å². The van der Waals surface area contributed by atoms with E-state index in [1.165, 1.54) is 0 Å². The van der Waals surface area contributed by atoms with E-state index in [9.17, 15) is 14.7 Å². The van der Waals surface area contributed by atoms with Gasteiger partial charge < -0.3 is 15.2 Å². The predicted octanol–water partition coefficient (Wildman–Crippen LogP) is 2.61. The molecule has 0 aliphatic carbocycles. The van der Waals surface area contributed by atoms with Gasteiger partial charge in [0.2, 0.25) is 0 Å². The minimum Gasteiger partial charge on any atom is -0.481 e. The number of amides is 1. The highest BCUT2D eigenvalue weighted by molar-refractivity contribution is 5.95. The number of carbonyl (C=O) groups is 2. The van der Waals surface area contributed by atoms with Crippen LogP contribution in [0.5, 0.6) is 0 Å². The molecule has 2 aromatic carbocycles. The summed E-state index contributed by atoms with van der Waals surface area (Å²) in [5.41, 5.74) is 0.812. The summed E-state index contributed by atoms with van der Waals surface area (Å²) in [7, 11) is 1.59. The van der Waals surface area contributed by atoms with Crippen LogP contribution in [-0.4, -0.2) is 30.6 Å². The van der Waals surface area contributed by atoms with E-state index >= 15 is 0 Å². The lowest BCUT2D eigenvalue weighted by atomic mass is 9.82. The van der Waals surface area contributed by atoms with Gasteiger partial charge in [-0.1, -0.05) is 42.5 Å². The molecule has 126 valence electrons. The first-order chi connectivity index (χ1) is 11.5. The van der Waals surface area contributed by atoms with Gasteiger partial charge in [0.05, 0.1) is 6.61 Å². The summed E-state index contributed by atoms with van der Waals surface area (Å²) >= 11 is 0. The van der Waals surface area contributed by atoms with Crippen LogP contribution in [0.3, 0.4) is 0 Å². The van der Waals surface area contributed by atoms with Gasteiger partial charge in [0.1, 0.15) is 5.41 Å². The SMILES string of the molecule is COCc1cccc(C(=O)NCC(C)(C(=O)O)c2ccccc2)c1. The van der Waals surface area contributed by atoms with Crippen molar-refractivity contribution < 1.29 is 19.4 Å². The lowest BCUT2D eigenvalue weighted by molar-refractivity contribution is -0.142. The van der Waals surface area contributed by atoms with Crippen LogP contribution in [0.15, 0.2) is 54.6 Å². The predicted molar refractivity (Wildman–Crippen MR) is 90.9 cm³/mol. The second kappa shape index (κ2) is 7.75. The van der Waals surface area contributed by atoms with Crippen molar-refractivity contribution in [2.24, 2.45) is 0 Å². The zero-order valence-electron chi connectivity index (χ0n) is 13.8. The average molecular weight is 327 g/mol. The molecule has 1 atom stereocenters. The summed E-state index contributed by atoms with van der Waals surface area (Å²) in [6, 6.07) is 16.0. The summed E-state index contributed by atoms with van der Waals surface area (Å²) in [4.78, 5) is 24.1. The Balaban J connectivity index is 2.14. The molecule has 5 nitrogen and oxygen atoms in total. The first-order valence-corrected chi connectivity index (χ1v) is 7.62. The Morgan fingerprint density at radius 3 is 2.46 bits per heavy atom. The van der Waals surface area contributed by atoms with Gasteiger partial charge in [0, 0.05) is 19.2 Å². The van der Waals surface area contributed by atoms with Gasteiger partial charge in [-0.05, 0) is 30.2 Å². The Hall–Kier alpha value is -2.66. The molecule has 2 aromatic rings. The van der Waals surface area contributed by atoms with E-state index in [2.05, 4.69) is 5.32 Å². The largest absolute Gasteiger partial charge is 0.481 e. The number of carboxylic acids is 1. The number of aliphatic carboxylic acids is 1. The number of hydrogen-bond acceptors (Lipinski definition) is 3. The van der Waals surface area contributed by atoms with Crippen molar-refractivity contribution in [3.63, 3.8) is 0 Å². The summed E-state index contributed by atoms with van der Waals surface area (Å²) in [6.45, 7) is 2.02. The number of ether oxygens (including phenoxy) is 1. The highest BCUT2D eigenvalue weighted by Gasteiger charge is 2.35. The summed E-state index contributed by atoms with van der Waals surface area (Å²) in [6.07, 6.45) is 0. The van der Waals surface area contributed by atoms with Crippen LogP contribution in [0.4, 0.5) is 0 Å². The molecule has 0 spiro atoms. The Labute approximate surface area is 141 Å². The lowest BCUT2D eigenvalue weighted by Crippen LogP contribution is -2.44. The van der Waals surface area contributed by atoms with E-state index in [0.29, 0.717) is 17.7 Å². The first-order valence-electron chi connectivity index (χ1n) is 7.62. The fourth-order valence-corrected chi connectivity index (χ4v) is 2.44. The average Bonchev–Trinajstić information content (AvgIpc) is 2.60. The van der Waals surface area contributed by atoms with E-state index < -0.39 is 11.4 Å². The number of hydrogen-bond donors (Lipinski definition) is 2. The molecule has 0 saturated heterocycles. The molecular weight excluding hydrogens is 306 g/mol. The molecule has 0 radical (unpaired) electrons. The highest BCUT2D eigenvalue weighted by atomic mass is 16.5. The van der Waals surface area contributed by atoms with E-state index in [4.69, 9.17) is 4.74 Å². The Kier molecular flexibility index (Phi) is 5.71. The van der Waals surface area contributed by atoms with Crippen LogP contribution in [0, 0.1) is 0 Å². The van der Waals surface area contributed by atoms with Gasteiger partial charge in [-0.15, -0.1) is 0 Å². The number of nitrogens with one attached hydrogen (secondary N) is 1. The van der Waals surface area contributed by atoms with Gasteiger partial charge in [0.15, 0.2) is 0 Å². The zero-order valence-corrected chi connectivity index (χ0v) is 13.8. The Morgan fingerprint density at radius 2 is 1.83 bits per heavy atom. The summed E-state index contributed by atoms with van der Waals surface area (Å²) < 4.78 is 5.06. The summed E-state index contributed by atoms with van der Waals surface area (Å²) in [5.74, 6) is -1.29. The Morgan fingerprint density at radius 1 is 1.12 bits per heavy atom. The molecular formula is C19H21NO4. The maximum absolute atomic E-state index is 12.4. The second-order valence-corrected chi connectivity index (χ2v) is 5.82. The molecule has 2 N–H and O–H groups in total. The monoisotopic (exact) mass is 327 g/mol. The molecule has 0 fully saturated rings. The first kappa shape index (κ1) is 17.7. The fourth-order valence-electron chi connectivity index (χ4n) is 2.44. The van der Waals surface area contributed by atoms with E-state index in [-0.39, 0.29) is 12.5 Å². The van der Waals surface area contributed by atoms with Crippen molar-refractivity contribution in [2.75, 3.05) is 13.7 Å². The van der Waals surface area contributed by atoms with E-state index in [1.54, 1.807) is 56.5 Å². The molecule has 2 rings (SSSR count). The molecule has 0 bridgehead atoms. The molecule has 1 unspecified atom stereocenters. The standard InChI is InChI=1S/C19H21NO4/c1-19(18(22)23,16-9-4-3-5-10-16)13-20-17(21)15-8-6-7-14(11-15)12-24-2/h3-11H,12-13H2,1-2H3,(H,20,21)(H,22,23). The van der Waals surface area contributed by atoms with Crippen molar-refractivity contribution in [1.82, 2.24) is 5.32 Å². The van der Waals surface area contributed by atoms with Crippen molar-refractivity contribution in [1.29, 1.82) is 0 Å². The van der Waals surface area contributed by atoms with Gasteiger partial charge in [0.25, 0.3) is 5.91 Å². The molecule has 24 heavy (non-hydrogen) atoms. The normalized spacial score (nSPS) is 13.1. The van der Waals surface area contributed by atoms with Crippen molar-refractivity contribution in [3.8, 4) is 0 Å². The Bertz CT molecular complexity index is 714. The molecule has 0 heterocycles. The summed E-state index contributed by atoms with van der Waals surface area (Å²) in [5, 5.41) is 12.3. The van der Waals surface area contributed by atoms with Crippen LogP contribution in [-0.2, 0) is 21.6 Å². The lowest BCUT2D eigenvalue weighted by Gasteiger charge is -2.25. The second-order valence-electron chi connectivity index (χ2n) is 5.82. The third-order valence-electron chi connectivity index (χ3n) is 3.99. The van der Waals surface area contributed by atoms with E-state index in [0.717, 1.165) is 5.56 Å². The smallest absolute Gasteiger partial charge is 0.315 e. The molecule has 0 aromatic heterocycles. The molecule has 0 saturated carbocycles. The van der Waals surface area contributed by atoms with Gasteiger partial charge in [-0.3, -0.25) is 9.59 Å². The highest BCUT2D eigenvalue weighted by Crippen LogP contribution is 2.23. The van der Waals surface area contributed by atoms with Crippen LogP contribution in [0.25, 0.3) is 0 Å². The van der Waals surface area contributed by atoms with Crippen molar-refractivity contribution >= 4 is 11.9 Å². The van der Waals surface area contributed by atoms with Crippen molar-refractivity contribution in [2.45, 2.75) is 18.9 Å². The molecule has 1 amide bonds. The maximum atomic E-state index is 12.4. The number of methoxy groups -OCH3 is 1. The van der Waals surface area contributed by atoms with Crippen LogP contribution >= 0.6 is 0 Å². The van der Waals surface area contributed by atoms with Crippen molar-refractivity contribution in [3.05, 3.63) is 71.3 Å². The van der Waals surface area contributed by atoms with Crippen LogP contribution < -0.4 is 5.32 Å². The molecule has 0 aliphatic heterocycles. The van der Waals surface area contributed by atoms with Gasteiger partial charge in [-0.25, -0.2) is 0 Å². The number of carbonyl (C=O) groups excluding carboxylic acids is 1. The number of rotatable bonds is 7. The topological polar surface area (TPSA) is 75.6 Å². The third-order valence-corrected chi connectivity index (χ3v) is 3.99. The zero-order chi connectivity index (χ0) is 17.6.